The highest BCUT2D eigenvalue weighted by molar-refractivity contribution is 5.76. The molecule has 5 heteroatoms. The maximum atomic E-state index is 11.8. The first-order valence-corrected chi connectivity index (χ1v) is 7.51. The van der Waals surface area contributed by atoms with Crippen molar-refractivity contribution in [3.8, 4) is 0 Å². The fourth-order valence-electron chi connectivity index (χ4n) is 2.56. The van der Waals surface area contributed by atoms with Crippen LogP contribution in [-0.2, 0) is 20.7 Å². The Balaban J connectivity index is 1.64. The van der Waals surface area contributed by atoms with Gasteiger partial charge in [-0.05, 0) is 30.9 Å². The Kier molecular flexibility index (Phi) is 5.70. The molecule has 1 amide bonds. The Bertz CT molecular complexity index is 444. The van der Waals surface area contributed by atoms with Gasteiger partial charge in [0.1, 0.15) is 0 Å². The van der Waals surface area contributed by atoms with Crippen LogP contribution in [0.3, 0.4) is 0 Å². The molecule has 1 atom stereocenters. The molecule has 0 unspecified atom stereocenters. The van der Waals surface area contributed by atoms with E-state index in [0.717, 1.165) is 18.4 Å². The van der Waals surface area contributed by atoms with Crippen LogP contribution < -0.4 is 5.32 Å². The third-order valence-corrected chi connectivity index (χ3v) is 3.63. The molecule has 5 nitrogen and oxygen atoms in total. The minimum Gasteiger partial charge on any atom is -0.356 e. The topological polar surface area (TPSA) is 60.5 Å². The number of pyridine rings is 1. The Morgan fingerprint density at radius 1 is 1.48 bits per heavy atom. The van der Waals surface area contributed by atoms with Gasteiger partial charge in [0.25, 0.3) is 0 Å². The van der Waals surface area contributed by atoms with E-state index in [1.165, 1.54) is 0 Å². The van der Waals surface area contributed by atoms with Gasteiger partial charge in [-0.15, -0.1) is 0 Å². The first kappa shape index (κ1) is 15.9. The Hall–Kier alpha value is -1.46. The summed E-state index contributed by atoms with van der Waals surface area (Å²) < 4.78 is 11.2. The summed E-state index contributed by atoms with van der Waals surface area (Å²) in [5.74, 6) is -0.0978. The van der Waals surface area contributed by atoms with Crippen molar-refractivity contribution in [2.75, 3.05) is 19.8 Å². The fourth-order valence-corrected chi connectivity index (χ4v) is 2.56. The molecule has 2 heterocycles. The zero-order valence-corrected chi connectivity index (χ0v) is 12.8. The van der Waals surface area contributed by atoms with Crippen LogP contribution in [0.2, 0.25) is 0 Å². The van der Waals surface area contributed by atoms with E-state index < -0.39 is 5.79 Å². The molecule has 0 aliphatic carbocycles. The summed E-state index contributed by atoms with van der Waals surface area (Å²) in [6.07, 6.45) is 5.53. The molecular formula is C16H24N2O3. The van der Waals surface area contributed by atoms with Gasteiger partial charge in [-0.1, -0.05) is 13.0 Å². The predicted octanol–water partition coefficient (Wildman–Crippen LogP) is 1.92. The molecule has 21 heavy (non-hydrogen) atoms. The molecule has 0 spiro atoms. The summed E-state index contributed by atoms with van der Waals surface area (Å²) in [4.78, 5) is 15.9. The quantitative estimate of drug-likeness (QED) is 0.834. The van der Waals surface area contributed by atoms with Gasteiger partial charge < -0.3 is 14.8 Å². The monoisotopic (exact) mass is 292 g/mol. The number of nitrogens with one attached hydrogen (secondary N) is 1. The molecule has 0 radical (unpaired) electrons. The van der Waals surface area contributed by atoms with Crippen molar-refractivity contribution in [1.82, 2.24) is 10.3 Å². The summed E-state index contributed by atoms with van der Waals surface area (Å²) >= 11 is 0. The van der Waals surface area contributed by atoms with Crippen molar-refractivity contribution in [2.24, 2.45) is 5.92 Å². The van der Waals surface area contributed by atoms with E-state index in [4.69, 9.17) is 9.47 Å². The standard InChI is InChI=1S/C16H24N2O3/c1-13(10-16(2)20-8-9-21-16)11-18-15(19)6-5-14-4-3-7-17-12-14/h3-4,7,12-13H,5-6,8-11H2,1-2H3,(H,18,19)/t13-/m0/s1. The Morgan fingerprint density at radius 3 is 2.90 bits per heavy atom. The number of rotatable bonds is 7. The molecule has 1 aromatic heterocycles. The van der Waals surface area contributed by atoms with Crippen LogP contribution in [0.15, 0.2) is 24.5 Å². The number of carbonyl (C=O) groups is 1. The second-order valence-corrected chi connectivity index (χ2v) is 5.81. The maximum absolute atomic E-state index is 11.8. The lowest BCUT2D eigenvalue weighted by Gasteiger charge is -2.26. The van der Waals surface area contributed by atoms with Crippen molar-refractivity contribution < 1.29 is 14.3 Å². The van der Waals surface area contributed by atoms with E-state index in [2.05, 4.69) is 17.2 Å². The smallest absolute Gasteiger partial charge is 0.220 e. The van der Waals surface area contributed by atoms with Gasteiger partial charge >= 0.3 is 0 Å². The number of nitrogens with zero attached hydrogens (tertiary/aromatic N) is 1. The molecule has 1 fully saturated rings. The SMILES string of the molecule is C[C@H](CNC(=O)CCc1cccnc1)CC1(C)OCCO1. The van der Waals surface area contributed by atoms with E-state index in [1.807, 2.05) is 19.1 Å². The fraction of sp³-hybridized carbons (Fsp3) is 0.625. The van der Waals surface area contributed by atoms with Crippen LogP contribution in [0.4, 0.5) is 0 Å². The molecule has 0 aromatic carbocycles. The van der Waals surface area contributed by atoms with Crippen molar-refractivity contribution in [2.45, 2.75) is 38.9 Å². The average Bonchev–Trinajstić information content (AvgIpc) is 2.90. The second-order valence-electron chi connectivity index (χ2n) is 5.81. The van der Waals surface area contributed by atoms with E-state index in [-0.39, 0.29) is 5.91 Å². The lowest BCUT2D eigenvalue weighted by Crippen LogP contribution is -2.34. The van der Waals surface area contributed by atoms with Crippen LogP contribution in [0, 0.1) is 5.92 Å². The summed E-state index contributed by atoms with van der Waals surface area (Å²) in [6, 6.07) is 3.87. The average molecular weight is 292 g/mol. The molecule has 1 N–H and O–H groups in total. The number of aryl methyl sites for hydroxylation is 1. The van der Waals surface area contributed by atoms with Crippen molar-refractivity contribution >= 4 is 5.91 Å². The number of carbonyl (C=O) groups excluding carboxylic acids is 1. The molecule has 1 aromatic rings. The highest BCUT2D eigenvalue weighted by Crippen LogP contribution is 2.26. The van der Waals surface area contributed by atoms with E-state index in [9.17, 15) is 4.79 Å². The number of hydrogen-bond donors (Lipinski definition) is 1. The molecule has 1 saturated heterocycles. The summed E-state index contributed by atoms with van der Waals surface area (Å²) in [5, 5.41) is 2.97. The molecule has 1 aliphatic rings. The molecule has 1 aliphatic heterocycles. The normalized spacial score (nSPS) is 18.4. The largest absolute Gasteiger partial charge is 0.356 e. The van der Waals surface area contributed by atoms with Gasteiger partial charge in [0, 0.05) is 31.8 Å². The van der Waals surface area contributed by atoms with Crippen molar-refractivity contribution in [1.29, 1.82) is 0 Å². The minimum absolute atomic E-state index is 0.0733. The zero-order valence-electron chi connectivity index (χ0n) is 12.8. The van der Waals surface area contributed by atoms with Gasteiger partial charge in [-0.25, -0.2) is 0 Å². The number of amides is 1. The highest BCUT2D eigenvalue weighted by Gasteiger charge is 2.32. The third-order valence-electron chi connectivity index (χ3n) is 3.63. The van der Waals surface area contributed by atoms with Crippen LogP contribution in [0.25, 0.3) is 0 Å². The molecule has 0 bridgehead atoms. The molecule has 2 rings (SSSR count). The van der Waals surface area contributed by atoms with Crippen LogP contribution in [0.5, 0.6) is 0 Å². The number of aromatic nitrogens is 1. The molecule has 116 valence electrons. The highest BCUT2D eigenvalue weighted by atomic mass is 16.7. The van der Waals surface area contributed by atoms with Gasteiger partial charge in [0.2, 0.25) is 5.91 Å². The number of hydrogen-bond acceptors (Lipinski definition) is 4. The van der Waals surface area contributed by atoms with Gasteiger partial charge in [0.15, 0.2) is 5.79 Å². The molecule has 0 saturated carbocycles. The van der Waals surface area contributed by atoms with Gasteiger partial charge in [0.05, 0.1) is 13.2 Å². The van der Waals surface area contributed by atoms with E-state index in [1.54, 1.807) is 12.4 Å². The van der Waals surface area contributed by atoms with Crippen LogP contribution in [-0.4, -0.2) is 36.4 Å². The summed E-state index contributed by atoms with van der Waals surface area (Å²) in [6.45, 7) is 6.01. The third kappa shape index (κ3) is 5.44. The minimum atomic E-state index is -0.486. The maximum Gasteiger partial charge on any atom is 0.220 e. The first-order valence-electron chi connectivity index (χ1n) is 7.51. The Labute approximate surface area is 126 Å². The zero-order chi connectivity index (χ0) is 15.1. The lowest BCUT2D eigenvalue weighted by atomic mass is 10.0. The number of ether oxygens (including phenoxy) is 2. The lowest BCUT2D eigenvalue weighted by molar-refractivity contribution is -0.154. The van der Waals surface area contributed by atoms with Crippen LogP contribution in [0.1, 0.15) is 32.3 Å². The summed E-state index contributed by atoms with van der Waals surface area (Å²) in [7, 11) is 0. The van der Waals surface area contributed by atoms with Crippen LogP contribution >= 0.6 is 0 Å². The van der Waals surface area contributed by atoms with E-state index >= 15 is 0 Å². The van der Waals surface area contributed by atoms with Gasteiger partial charge in [-0.2, -0.15) is 0 Å². The van der Waals surface area contributed by atoms with Crippen molar-refractivity contribution in [3.05, 3.63) is 30.1 Å². The predicted molar refractivity (Wildman–Crippen MR) is 79.7 cm³/mol. The van der Waals surface area contributed by atoms with Crippen molar-refractivity contribution in [3.63, 3.8) is 0 Å². The van der Waals surface area contributed by atoms with E-state index in [0.29, 0.717) is 32.1 Å². The van der Waals surface area contributed by atoms with Gasteiger partial charge in [-0.3, -0.25) is 9.78 Å². The first-order chi connectivity index (χ1) is 10.1. The summed E-state index contributed by atoms with van der Waals surface area (Å²) in [5.41, 5.74) is 1.08. The molecular weight excluding hydrogens is 268 g/mol. The second kappa shape index (κ2) is 7.52. The Morgan fingerprint density at radius 2 is 2.24 bits per heavy atom.